The molecule has 0 aromatic rings. The zero-order chi connectivity index (χ0) is 9.81. The molecule has 0 heterocycles. The molecule has 1 fully saturated rings. The third-order valence-electron chi connectivity index (χ3n) is 4.37. The summed E-state index contributed by atoms with van der Waals surface area (Å²) in [6, 6.07) is 0. The van der Waals surface area contributed by atoms with E-state index in [-0.39, 0.29) is 22.0 Å². The van der Waals surface area contributed by atoms with E-state index < -0.39 is 0 Å². The molecule has 3 aliphatic carbocycles. The van der Waals surface area contributed by atoms with Crippen LogP contribution in [-0.2, 0) is 4.79 Å². The lowest BCUT2D eigenvalue weighted by atomic mass is 9.41. The second-order valence-electron chi connectivity index (χ2n) is 4.72. The molecule has 0 amide bonds. The van der Waals surface area contributed by atoms with Gasteiger partial charge in [-0.2, -0.15) is 0 Å². The monoisotopic (exact) mass is 208 g/mol. The number of hydrogen-bond donors (Lipinski definition) is 0. The summed E-state index contributed by atoms with van der Waals surface area (Å²) in [5, 5.41) is -0.239. The Morgan fingerprint density at radius 2 is 1.57 bits per heavy atom. The van der Waals surface area contributed by atoms with E-state index in [1.54, 1.807) is 0 Å². The standard InChI is InChI=1S/C12H13ClO/c13-9-10(14)12-7-3-1-5-11(9,12)6-2-4-8-12/h1-4,9H,5-8H2. The number of ketones is 1. The number of allylic oxidation sites excluding steroid dienone is 4. The Kier molecular flexibility index (Phi) is 1.57. The summed E-state index contributed by atoms with van der Waals surface area (Å²) in [6.45, 7) is 0. The summed E-state index contributed by atoms with van der Waals surface area (Å²) in [7, 11) is 0. The number of alkyl halides is 1. The maximum atomic E-state index is 11.9. The lowest BCUT2D eigenvalue weighted by Gasteiger charge is -2.63. The minimum absolute atomic E-state index is 0.0646. The van der Waals surface area contributed by atoms with Gasteiger partial charge in [0.25, 0.3) is 0 Å². The average Bonchev–Trinajstić information content (AvgIpc) is 2.26. The SMILES string of the molecule is O=C1C(Cl)C23CC=CCC12CC=CC3. The van der Waals surface area contributed by atoms with Crippen molar-refractivity contribution < 1.29 is 4.79 Å². The van der Waals surface area contributed by atoms with Crippen molar-refractivity contribution in [3.8, 4) is 0 Å². The number of rotatable bonds is 0. The highest BCUT2D eigenvalue weighted by Crippen LogP contribution is 2.67. The lowest BCUT2D eigenvalue weighted by Crippen LogP contribution is -2.68. The van der Waals surface area contributed by atoms with Gasteiger partial charge in [-0.05, 0) is 25.7 Å². The van der Waals surface area contributed by atoms with Crippen LogP contribution < -0.4 is 0 Å². The molecule has 0 aromatic heterocycles. The zero-order valence-electron chi connectivity index (χ0n) is 8.00. The van der Waals surface area contributed by atoms with Crippen LogP contribution in [0.2, 0.25) is 0 Å². The van der Waals surface area contributed by atoms with E-state index in [2.05, 4.69) is 24.3 Å². The third kappa shape index (κ3) is 0.692. The van der Waals surface area contributed by atoms with Gasteiger partial charge < -0.3 is 0 Å². The van der Waals surface area contributed by atoms with Gasteiger partial charge in [0, 0.05) is 10.8 Å². The second kappa shape index (κ2) is 2.52. The maximum Gasteiger partial charge on any atom is 0.158 e. The van der Waals surface area contributed by atoms with E-state index in [0.29, 0.717) is 0 Å². The van der Waals surface area contributed by atoms with Gasteiger partial charge in [-0.25, -0.2) is 0 Å². The number of carbonyl (C=O) groups excluding carboxylic acids is 1. The Bertz CT molecular complexity index is 335. The van der Waals surface area contributed by atoms with Crippen LogP contribution in [-0.4, -0.2) is 11.2 Å². The fourth-order valence-electron chi connectivity index (χ4n) is 3.43. The van der Waals surface area contributed by atoms with Crippen molar-refractivity contribution >= 4 is 17.4 Å². The van der Waals surface area contributed by atoms with E-state index in [1.807, 2.05) is 0 Å². The van der Waals surface area contributed by atoms with Crippen molar-refractivity contribution in [1.29, 1.82) is 0 Å². The Hall–Kier alpha value is -0.560. The van der Waals surface area contributed by atoms with E-state index in [0.717, 1.165) is 25.7 Å². The van der Waals surface area contributed by atoms with Gasteiger partial charge in [0.15, 0.2) is 5.78 Å². The van der Waals surface area contributed by atoms with Gasteiger partial charge in [0.05, 0.1) is 5.38 Å². The highest BCUT2D eigenvalue weighted by atomic mass is 35.5. The molecule has 1 nitrogen and oxygen atoms in total. The van der Waals surface area contributed by atoms with Crippen molar-refractivity contribution in [2.75, 3.05) is 0 Å². The van der Waals surface area contributed by atoms with E-state index >= 15 is 0 Å². The van der Waals surface area contributed by atoms with Crippen LogP contribution in [0.15, 0.2) is 24.3 Å². The molecule has 3 rings (SSSR count). The maximum absolute atomic E-state index is 11.9. The molecule has 0 aliphatic heterocycles. The highest BCUT2D eigenvalue weighted by molar-refractivity contribution is 6.36. The fraction of sp³-hybridized carbons (Fsp3) is 0.583. The van der Waals surface area contributed by atoms with Crippen LogP contribution in [0.4, 0.5) is 0 Å². The molecule has 14 heavy (non-hydrogen) atoms. The van der Waals surface area contributed by atoms with Crippen LogP contribution in [0.1, 0.15) is 25.7 Å². The summed E-state index contributed by atoms with van der Waals surface area (Å²) in [4.78, 5) is 11.9. The van der Waals surface area contributed by atoms with Gasteiger partial charge in [0.2, 0.25) is 0 Å². The van der Waals surface area contributed by atoms with E-state index in [1.165, 1.54) is 0 Å². The molecule has 0 radical (unpaired) electrons. The molecule has 3 aliphatic rings. The minimum Gasteiger partial charge on any atom is -0.297 e. The van der Waals surface area contributed by atoms with Crippen molar-refractivity contribution in [3.63, 3.8) is 0 Å². The topological polar surface area (TPSA) is 17.1 Å². The molecule has 2 heteroatoms. The first-order valence-corrected chi connectivity index (χ1v) is 5.65. The quantitative estimate of drug-likeness (QED) is 0.442. The van der Waals surface area contributed by atoms with Gasteiger partial charge in [0.1, 0.15) is 0 Å². The predicted octanol–water partition coefficient (Wildman–Crippen LogP) is 2.85. The lowest BCUT2D eigenvalue weighted by molar-refractivity contribution is -0.161. The number of Topliss-reactive ketones (excluding diaryl/α,β-unsaturated/α-hetero) is 1. The van der Waals surface area contributed by atoms with Crippen LogP contribution in [0, 0.1) is 10.8 Å². The van der Waals surface area contributed by atoms with E-state index in [9.17, 15) is 4.79 Å². The van der Waals surface area contributed by atoms with Crippen LogP contribution in [0.25, 0.3) is 0 Å². The van der Waals surface area contributed by atoms with Crippen molar-refractivity contribution in [2.24, 2.45) is 10.8 Å². The van der Waals surface area contributed by atoms with Crippen LogP contribution >= 0.6 is 11.6 Å². The Morgan fingerprint density at radius 3 is 2.07 bits per heavy atom. The van der Waals surface area contributed by atoms with Crippen LogP contribution in [0.5, 0.6) is 0 Å². The highest BCUT2D eigenvalue weighted by Gasteiger charge is 2.70. The minimum atomic E-state index is -0.239. The predicted molar refractivity (Wildman–Crippen MR) is 56.3 cm³/mol. The Balaban J connectivity index is 2.13. The molecule has 1 atom stereocenters. The first kappa shape index (κ1) is 8.72. The second-order valence-corrected chi connectivity index (χ2v) is 5.16. The first-order chi connectivity index (χ1) is 6.73. The summed E-state index contributed by atoms with van der Waals surface area (Å²) >= 11 is 6.21. The molecule has 0 N–H and O–H groups in total. The summed E-state index contributed by atoms with van der Waals surface area (Å²) in [6.07, 6.45) is 12.5. The van der Waals surface area contributed by atoms with Gasteiger partial charge in [-0.1, -0.05) is 24.3 Å². The van der Waals surface area contributed by atoms with Crippen molar-refractivity contribution in [2.45, 2.75) is 31.1 Å². The number of hydrogen-bond acceptors (Lipinski definition) is 1. The molecule has 0 spiro atoms. The normalized spacial score (nSPS) is 49.5. The molecule has 0 aromatic carbocycles. The summed E-state index contributed by atoms with van der Waals surface area (Å²) in [5.74, 6) is 0.285. The van der Waals surface area contributed by atoms with Gasteiger partial charge in [-0.15, -0.1) is 11.6 Å². The first-order valence-electron chi connectivity index (χ1n) is 5.21. The molecule has 0 bridgehead atoms. The largest absolute Gasteiger partial charge is 0.297 e. The molecule has 1 saturated carbocycles. The van der Waals surface area contributed by atoms with Gasteiger partial charge in [-0.3, -0.25) is 4.79 Å². The van der Waals surface area contributed by atoms with Crippen molar-refractivity contribution in [1.82, 2.24) is 0 Å². The van der Waals surface area contributed by atoms with Gasteiger partial charge >= 0.3 is 0 Å². The molecule has 0 saturated heterocycles. The average molecular weight is 209 g/mol. The molecular weight excluding hydrogens is 196 g/mol. The summed E-state index contributed by atoms with van der Waals surface area (Å²) < 4.78 is 0. The third-order valence-corrected chi connectivity index (χ3v) is 4.99. The molecular formula is C12H13ClO. The van der Waals surface area contributed by atoms with Crippen molar-refractivity contribution in [3.05, 3.63) is 24.3 Å². The van der Waals surface area contributed by atoms with Crippen LogP contribution in [0.3, 0.4) is 0 Å². The Labute approximate surface area is 88.8 Å². The molecule has 74 valence electrons. The summed E-state index contributed by atoms with van der Waals surface area (Å²) in [5.41, 5.74) is -0.0575. The Morgan fingerprint density at radius 1 is 1.07 bits per heavy atom. The zero-order valence-corrected chi connectivity index (χ0v) is 8.76. The molecule has 1 unspecified atom stereocenters. The smallest absolute Gasteiger partial charge is 0.158 e. The number of halogens is 1. The number of carbonyl (C=O) groups is 1. The van der Waals surface area contributed by atoms with E-state index in [4.69, 9.17) is 11.6 Å². The fourth-order valence-corrected chi connectivity index (χ4v) is 4.03.